The van der Waals surface area contributed by atoms with E-state index in [1.807, 2.05) is 48.5 Å². The molecule has 3 heterocycles. The number of carbonyl (C=O) groups excluding carboxylic acids is 1. The Morgan fingerprint density at radius 1 is 1.14 bits per heavy atom. The summed E-state index contributed by atoms with van der Waals surface area (Å²) in [6, 6.07) is 14.0. The minimum Gasteiger partial charge on any atom is -0.307 e. The van der Waals surface area contributed by atoms with Crippen molar-refractivity contribution in [1.82, 2.24) is 14.7 Å². The summed E-state index contributed by atoms with van der Waals surface area (Å²) >= 11 is 0. The van der Waals surface area contributed by atoms with Gasteiger partial charge in [0.2, 0.25) is 5.91 Å². The third-order valence-corrected chi connectivity index (χ3v) is 8.51. The SMILES string of the molecule is CC1CCCC(N2CCC3(C2)C(=O)N(Cc2ccc(-c4cnn(C)c4)cc2F)c2ccccc23)C1. The molecule has 1 amide bonds. The molecule has 2 aliphatic heterocycles. The van der Waals surface area contributed by atoms with Crippen LogP contribution < -0.4 is 4.90 Å². The summed E-state index contributed by atoms with van der Waals surface area (Å²) in [5, 5.41) is 4.19. The quantitative estimate of drug-likeness (QED) is 0.518. The predicted molar refractivity (Wildman–Crippen MR) is 136 cm³/mol. The molecule has 1 saturated heterocycles. The smallest absolute Gasteiger partial charge is 0.239 e. The maximum Gasteiger partial charge on any atom is 0.239 e. The predicted octanol–water partition coefficient (Wildman–Crippen LogP) is 5.30. The van der Waals surface area contributed by atoms with E-state index in [2.05, 4.69) is 23.0 Å². The Hall–Kier alpha value is -2.99. The normalized spacial score (nSPS) is 26.6. The van der Waals surface area contributed by atoms with Crippen LogP contribution in [0.25, 0.3) is 11.1 Å². The van der Waals surface area contributed by atoms with Crippen LogP contribution in [0.2, 0.25) is 0 Å². The first-order valence-electron chi connectivity index (χ1n) is 12.9. The van der Waals surface area contributed by atoms with Gasteiger partial charge in [0.25, 0.3) is 0 Å². The standard InChI is InChI=1S/C29H33FN4O/c1-20-6-5-7-24(14-20)33-13-12-29(19-33)25-8-3-4-9-27(25)34(28(29)35)18-22-11-10-21(15-26(22)30)23-16-31-32(2)17-23/h3-4,8-11,15-17,20,24H,5-7,12-14,18-19H2,1-2H3. The Morgan fingerprint density at radius 3 is 2.77 bits per heavy atom. The Labute approximate surface area is 206 Å². The van der Waals surface area contributed by atoms with Crippen molar-refractivity contribution in [2.75, 3.05) is 18.0 Å². The van der Waals surface area contributed by atoms with E-state index in [-0.39, 0.29) is 18.3 Å². The molecular formula is C29H33FN4O. The molecule has 3 aliphatic rings. The molecule has 1 saturated carbocycles. The first-order valence-corrected chi connectivity index (χ1v) is 12.9. The molecule has 3 atom stereocenters. The fourth-order valence-electron chi connectivity index (χ4n) is 6.63. The molecule has 3 unspecified atom stereocenters. The lowest BCUT2D eigenvalue weighted by atomic mass is 9.80. The number of anilines is 1. The Morgan fingerprint density at radius 2 is 2.00 bits per heavy atom. The third kappa shape index (κ3) is 3.79. The van der Waals surface area contributed by atoms with Gasteiger partial charge in [0.1, 0.15) is 5.82 Å². The molecule has 2 aromatic carbocycles. The van der Waals surface area contributed by atoms with Crippen molar-refractivity contribution < 1.29 is 9.18 Å². The van der Waals surface area contributed by atoms with E-state index < -0.39 is 5.41 Å². The van der Waals surface area contributed by atoms with Crippen LogP contribution in [0.15, 0.2) is 54.9 Å². The minimum atomic E-state index is -0.511. The summed E-state index contributed by atoms with van der Waals surface area (Å²) in [6.45, 7) is 4.33. The molecule has 1 aliphatic carbocycles. The highest BCUT2D eigenvalue weighted by Crippen LogP contribution is 2.49. The summed E-state index contributed by atoms with van der Waals surface area (Å²) in [7, 11) is 1.85. The second-order valence-corrected chi connectivity index (χ2v) is 10.8. The first-order chi connectivity index (χ1) is 16.9. The lowest BCUT2D eigenvalue weighted by Gasteiger charge is -2.35. The summed E-state index contributed by atoms with van der Waals surface area (Å²) < 4.78 is 16.9. The van der Waals surface area contributed by atoms with Gasteiger partial charge >= 0.3 is 0 Å². The number of likely N-dealkylation sites (tertiary alicyclic amines) is 1. The maximum atomic E-state index is 15.2. The summed E-state index contributed by atoms with van der Waals surface area (Å²) in [5.74, 6) is 0.591. The molecule has 0 radical (unpaired) electrons. The topological polar surface area (TPSA) is 41.4 Å². The van der Waals surface area contributed by atoms with Crippen LogP contribution >= 0.6 is 0 Å². The number of aromatic nitrogens is 2. The van der Waals surface area contributed by atoms with E-state index in [9.17, 15) is 4.79 Å². The summed E-state index contributed by atoms with van der Waals surface area (Å²) in [6.07, 6.45) is 9.50. The van der Waals surface area contributed by atoms with Crippen molar-refractivity contribution in [3.05, 3.63) is 71.8 Å². The number of amides is 1. The van der Waals surface area contributed by atoms with E-state index in [1.54, 1.807) is 16.9 Å². The van der Waals surface area contributed by atoms with Gasteiger partial charge < -0.3 is 4.90 Å². The third-order valence-electron chi connectivity index (χ3n) is 8.51. The second kappa shape index (κ2) is 8.59. The van der Waals surface area contributed by atoms with Gasteiger partial charge in [-0.15, -0.1) is 0 Å². The molecule has 6 rings (SSSR count). The molecule has 3 aromatic rings. The van der Waals surface area contributed by atoms with E-state index >= 15 is 4.39 Å². The van der Waals surface area contributed by atoms with Gasteiger partial charge in [-0.25, -0.2) is 4.39 Å². The van der Waals surface area contributed by atoms with Crippen molar-refractivity contribution in [2.45, 2.75) is 57.0 Å². The molecule has 2 fully saturated rings. The number of hydrogen-bond donors (Lipinski definition) is 0. The Kier molecular flexibility index (Phi) is 5.52. The number of fused-ring (bicyclic) bond motifs is 2. The molecule has 6 heteroatoms. The number of nitrogens with zero attached hydrogens (tertiary/aromatic N) is 4. The monoisotopic (exact) mass is 472 g/mol. The lowest BCUT2D eigenvalue weighted by Crippen LogP contribution is -2.44. The highest BCUT2D eigenvalue weighted by Gasteiger charge is 2.55. The highest BCUT2D eigenvalue weighted by atomic mass is 19.1. The van der Waals surface area contributed by atoms with E-state index in [1.165, 1.54) is 25.7 Å². The average molecular weight is 473 g/mol. The van der Waals surface area contributed by atoms with Crippen LogP contribution in [-0.4, -0.2) is 39.7 Å². The average Bonchev–Trinajstić information content (AvgIpc) is 3.55. The first kappa shape index (κ1) is 22.5. The zero-order valence-corrected chi connectivity index (χ0v) is 20.6. The van der Waals surface area contributed by atoms with E-state index in [0.717, 1.165) is 47.8 Å². The van der Waals surface area contributed by atoms with Crippen LogP contribution in [0.4, 0.5) is 10.1 Å². The van der Waals surface area contributed by atoms with Gasteiger partial charge in [-0.1, -0.05) is 50.1 Å². The highest BCUT2D eigenvalue weighted by molar-refractivity contribution is 6.08. The van der Waals surface area contributed by atoms with Crippen LogP contribution in [-0.2, 0) is 23.8 Å². The van der Waals surface area contributed by atoms with Gasteiger partial charge in [0.15, 0.2) is 0 Å². The summed E-state index contributed by atoms with van der Waals surface area (Å²) in [4.78, 5) is 18.4. The lowest BCUT2D eigenvalue weighted by molar-refractivity contribution is -0.123. The summed E-state index contributed by atoms with van der Waals surface area (Å²) in [5.41, 5.74) is 3.74. The zero-order chi connectivity index (χ0) is 24.2. The van der Waals surface area contributed by atoms with Gasteiger partial charge in [0.05, 0.1) is 18.2 Å². The number of hydrogen-bond acceptors (Lipinski definition) is 3. The molecule has 182 valence electrons. The van der Waals surface area contributed by atoms with Crippen molar-refractivity contribution >= 4 is 11.6 Å². The van der Waals surface area contributed by atoms with E-state index in [0.29, 0.717) is 11.6 Å². The van der Waals surface area contributed by atoms with E-state index in [4.69, 9.17) is 0 Å². The number of rotatable bonds is 4. The largest absolute Gasteiger partial charge is 0.307 e. The van der Waals surface area contributed by atoms with Crippen molar-refractivity contribution in [1.29, 1.82) is 0 Å². The van der Waals surface area contributed by atoms with Crippen LogP contribution in [0.5, 0.6) is 0 Å². The van der Waals surface area contributed by atoms with Gasteiger partial charge in [0, 0.05) is 42.6 Å². The van der Waals surface area contributed by atoms with Crippen LogP contribution in [0.1, 0.15) is 50.2 Å². The van der Waals surface area contributed by atoms with Crippen molar-refractivity contribution in [3.8, 4) is 11.1 Å². The number of para-hydroxylation sites is 1. The molecule has 0 bridgehead atoms. The number of aryl methyl sites for hydroxylation is 1. The number of benzene rings is 2. The molecule has 0 N–H and O–H groups in total. The Bertz CT molecular complexity index is 1270. The molecule has 35 heavy (non-hydrogen) atoms. The van der Waals surface area contributed by atoms with Crippen LogP contribution in [0.3, 0.4) is 0 Å². The van der Waals surface area contributed by atoms with Crippen molar-refractivity contribution in [3.63, 3.8) is 0 Å². The van der Waals surface area contributed by atoms with Gasteiger partial charge in [-0.3, -0.25) is 14.4 Å². The molecule has 1 aromatic heterocycles. The second-order valence-electron chi connectivity index (χ2n) is 10.8. The van der Waals surface area contributed by atoms with Gasteiger partial charge in [-0.2, -0.15) is 5.10 Å². The maximum absolute atomic E-state index is 15.2. The fraction of sp³-hybridized carbons (Fsp3) is 0.448. The molecule has 5 nitrogen and oxygen atoms in total. The number of halogens is 1. The van der Waals surface area contributed by atoms with Crippen LogP contribution in [0, 0.1) is 11.7 Å². The Balaban J connectivity index is 1.27. The number of carbonyl (C=O) groups is 1. The molecular weight excluding hydrogens is 439 g/mol. The zero-order valence-electron chi connectivity index (χ0n) is 20.6. The van der Waals surface area contributed by atoms with Gasteiger partial charge in [-0.05, 0) is 55.0 Å². The minimum absolute atomic E-state index is 0.126. The fourth-order valence-corrected chi connectivity index (χ4v) is 6.63. The molecule has 1 spiro atoms. The van der Waals surface area contributed by atoms with Crippen molar-refractivity contribution in [2.24, 2.45) is 13.0 Å².